The number of imide groups is 1. The van der Waals surface area contributed by atoms with E-state index in [1.54, 1.807) is 26.0 Å². The smallest absolute Gasteiger partial charge is 0.318 e. The van der Waals surface area contributed by atoms with Gasteiger partial charge in [-0.05, 0) is 17.5 Å². The van der Waals surface area contributed by atoms with Crippen molar-refractivity contribution in [2.45, 2.75) is 32.9 Å². The third-order valence-corrected chi connectivity index (χ3v) is 4.59. The number of urea groups is 1. The van der Waals surface area contributed by atoms with E-state index in [1.165, 1.54) is 4.90 Å². The molecule has 0 aromatic heterocycles. The fraction of sp³-hybridized carbons (Fsp3) is 0.444. The molecule has 1 aromatic rings. The van der Waals surface area contributed by atoms with E-state index in [1.807, 2.05) is 17.4 Å². The summed E-state index contributed by atoms with van der Waals surface area (Å²) in [6.07, 6.45) is -1.18. The number of primary amides is 1. The first-order valence-electron chi connectivity index (χ1n) is 8.51. The van der Waals surface area contributed by atoms with Crippen molar-refractivity contribution < 1.29 is 23.9 Å². The fourth-order valence-electron chi connectivity index (χ4n) is 2.82. The van der Waals surface area contributed by atoms with Crippen LogP contribution in [0.1, 0.15) is 25.8 Å². The third-order valence-electron chi connectivity index (χ3n) is 4.22. The summed E-state index contributed by atoms with van der Waals surface area (Å²) >= 11 is 6.12. The minimum Gasteiger partial charge on any atom is -0.452 e. The molecule has 1 aliphatic rings. The SMILES string of the molecule is CC(C)[C@@H](OC(=O)[C@@H]1CC(=O)N(Cc2ccccc2Cl)C1)C(=O)NC(N)=O. The molecule has 1 aliphatic heterocycles. The molecular weight excluding hydrogens is 374 g/mol. The molecule has 0 radical (unpaired) electrons. The first kappa shape index (κ1) is 20.7. The van der Waals surface area contributed by atoms with Crippen LogP contribution < -0.4 is 11.1 Å². The lowest BCUT2D eigenvalue weighted by atomic mass is 10.1. The molecule has 1 fully saturated rings. The van der Waals surface area contributed by atoms with Crippen LogP contribution in [-0.4, -0.2) is 41.4 Å². The number of hydrogen-bond acceptors (Lipinski definition) is 5. The van der Waals surface area contributed by atoms with Gasteiger partial charge >= 0.3 is 12.0 Å². The first-order chi connectivity index (χ1) is 12.7. The largest absolute Gasteiger partial charge is 0.452 e. The zero-order valence-corrected chi connectivity index (χ0v) is 15.9. The van der Waals surface area contributed by atoms with Gasteiger partial charge in [-0.15, -0.1) is 0 Å². The Labute approximate surface area is 162 Å². The fourth-order valence-corrected chi connectivity index (χ4v) is 3.02. The van der Waals surface area contributed by atoms with Gasteiger partial charge in [0.25, 0.3) is 5.91 Å². The Morgan fingerprint density at radius 2 is 2.00 bits per heavy atom. The molecule has 0 saturated carbocycles. The van der Waals surface area contributed by atoms with Gasteiger partial charge in [0, 0.05) is 24.5 Å². The van der Waals surface area contributed by atoms with Crippen LogP contribution in [0.3, 0.4) is 0 Å². The van der Waals surface area contributed by atoms with Gasteiger partial charge < -0.3 is 15.4 Å². The summed E-state index contributed by atoms with van der Waals surface area (Å²) in [7, 11) is 0. The average Bonchev–Trinajstić information content (AvgIpc) is 2.94. The minimum atomic E-state index is -1.17. The van der Waals surface area contributed by atoms with Gasteiger partial charge in [-0.2, -0.15) is 0 Å². The van der Waals surface area contributed by atoms with Crippen LogP contribution in [0.4, 0.5) is 4.79 Å². The number of nitrogens with one attached hydrogen (secondary N) is 1. The molecule has 1 heterocycles. The lowest BCUT2D eigenvalue weighted by Gasteiger charge is -2.22. The molecule has 9 heteroatoms. The Morgan fingerprint density at radius 3 is 2.59 bits per heavy atom. The highest BCUT2D eigenvalue weighted by Crippen LogP contribution is 2.25. The summed E-state index contributed by atoms with van der Waals surface area (Å²) in [5.41, 5.74) is 5.71. The standard InChI is InChI=1S/C18H22ClN3O5/c1-10(2)15(16(24)21-18(20)26)27-17(25)12-7-14(23)22(9-12)8-11-5-3-4-6-13(11)19/h3-6,10,12,15H,7-9H2,1-2H3,(H3,20,21,24,26)/t12-,15-/m1/s1. The van der Waals surface area contributed by atoms with E-state index in [4.69, 9.17) is 22.1 Å². The zero-order chi connectivity index (χ0) is 20.1. The van der Waals surface area contributed by atoms with Crippen LogP contribution in [0, 0.1) is 11.8 Å². The number of hydrogen-bond donors (Lipinski definition) is 2. The molecule has 2 atom stereocenters. The Morgan fingerprint density at radius 1 is 1.33 bits per heavy atom. The van der Waals surface area contributed by atoms with Crippen LogP contribution >= 0.6 is 11.6 Å². The number of nitrogens with two attached hydrogens (primary N) is 1. The maximum absolute atomic E-state index is 12.4. The van der Waals surface area contributed by atoms with E-state index in [9.17, 15) is 19.2 Å². The molecule has 0 aliphatic carbocycles. The number of rotatable bonds is 6. The van der Waals surface area contributed by atoms with Crippen molar-refractivity contribution in [3.05, 3.63) is 34.9 Å². The number of benzene rings is 1. The maximum Gasteiger partial charge on any atom is 0.318 e. The Hall–Kier alpha value is -2.61. The van der Waals surface area contributed by atoms with E-state index in [0.717, 1.165) is 5.56 Å². The molecule has 0 unspecified atom stereocenters. The second-order valence-electron chi connectivity index (χ2n) is 6.72. The van der Waals surface area contributed by atoms with Crippen molar-refractivity contribution in [2.75, 3.05) is 6.54 Å². The molecule has 2 rings (SSSR count). The highest BCUT2D eigenvalue weighted by atomic mass is 35.5. The van der Waals surface area contributed by atoms with E-state index in [-0.39, 0.29) is 31.3 Å². The predicted molar refractivity (Wildman–Crippen MR) is 97.4 cm³/mol. The Kier molecular flexibility index (Phi) is 6.79. The van der Waals surface area contributed by atoms with Crippen LogP contribution in [0.25, 0.3) is 0 Å². The van der Waals surface area contributed by atoms with Gasteiger partial charge in [0.2, 0.25) is 5.91 Å². The molecule has 3 N–H and O–H groups in total. The van der Waals surface area contributed by atoms with Gasteiger partial charge in [0.05, 0.1) is 5.92 Å². The number of ether oxygens (including phenoxy) is 1. The molecule has 4 amide bonds. The summed E-state index contributed by atoms with van der Waals surface area (Å²) in [5.74, 6) is -2.71. The number of amides is 4. The highest BCUT2D eigenvalue weighted by Gasteiger charge is 2.38. The van der Waals surface area contributed by atoms with Gasteiger partial charge in [0.15, 0.2) is 6.10 Å². The number of nitrogens with zero attached hydrogens (tertiary/aromatic N) is 1. The van der Waals surface area contributed by atoms with Gasteiger partial charge in [-0.3, -0.25) is 19.7 Å². The Bertz CT molecular complexity index is 752. The summed E-state index contributed by atoms with van der Waals surface area (Å²) in [4.78, 5) is 49.0. The lowest BCUT2D eigenvalue weighted by Crippen LogP contribution is -2.46. The number of likely N-dealkylation sites (tertiary alicyclic amines) is 1. The molecule has 1 aromatic carbocycles. The van der Waals surface area contributed by atoms with Crippen molar-refractivity contribution >= 4 is 35.4 Å². The quantitative estimate of drug-likeness (QED) is 0.706. The molecule has 146 valence electrons. The van der Waals surface area contributed by atoms with Crippen LogP contribution in [0.2, 0.25) is 5.02 Å². The van der Waals surface area contributed by atoms with Crippen molar-refractivity contribution in [3.63, 3.8) is 0 Å². The number of carbonyl (C=O) groups is 4. The van der Waals surface area contributed by atoms with Crippen molar-refractivity contribution in [1.82, 2.24) is 10.2 Å². The number of esters is 1. The second kappa shape index (κ2) is 8.85. The monoisotopic (exact) mass is 395 g/mol. The Balaban J connectivity index is 2.00. The maximum atomic E-state index is 12.4. The molecular formula is C18H22ClN3O5. The van der Waals surface area contributed by atoms with Crippen LogP contribution in [0.15, 0.2) is 24.3 Å². The van der Waals surface area contributed by atoms with Crippen LogP contribution in [-0.2, 0) is 25.7 Å². The van der Waals surface area contributed by atoms with Crippen molar-refractivity contribution in [2.24, 2.45) is 17.6 Å². The average molecular weight is 396 g/mol. The molecule has 1 saturated heterocycles. The molecule has 8 nitrogen and oxygen atoms in total. The number of halogens is 1. The summed E-state index contributed by atoms with van der Waals surface area (Å²) in [6, 6.07) is 6.13. The van der Waals surface area contributed by atoms with Gasteiger partial charge in [-0.25, -0.2) is 4.79 Å². The second-order valence-corrected chi connectivity index (χ2v) is 7.13. The van der Waals surface area contributed by atoms with Crippen LogP contribution in [0.5, 0.6) is 0 Å². The first-order valence-corrected chi connectivity index (χ1v) is 8.88. The molecule has 0 bridgehead atoms. The van der Waals surface area contributed by atoms with Gasteiger partial charge in [0.1, 0.15) is 0 Å². The van der Waals surface area contributed by atoms with Crippen molar-refractivity contribution in [3.8, 4) is 0 Å². The normalized spacial score (nSPS) is 17.7. The predicted octanol–water partition coefficient (Wildman–Crippen LogP) is 1.45. The zero-order valence-electron chi connectivity index (χ0n) is 15.1. The minimum absolute atomic E-state index is 0.00839. The van der Waals surface area contributed by atoms with Crippen molar-refractivity contribution in [1.29, 1.82) is 0 Å². The third kappa shape index (κ3) is 5.43. The van der Waals surface area contributed by atoms with E-state index < -0.39 is 29.9 Å². The van der Waals surface area contributed by atoms with E-state index in [2.05, 4.69) is 0 Å². The summed E-state index contributed by atoms with van der Waals surface area (Å²) in [6.45, 7) is 3.80. The highest BCUT2D eigenvalue weighted by molar-refractivity contribution is 6.31. The molecule has 27 heavy (non-hydrogen) atoms. The number of carbonyl (C=O) groups excluding carboxylic acids is 4. The topological polar surface area (TPSA) is 119 Å². The summed E-state index contributed by atoms with van der Waals surface area (Å²) < 4.78 is 5.27. The lowest BCUT2D eigenvalue weighted by molar-refractivity contribution is -0.162. The molecule has 0 spiro atoms. The van der Waals surface area contributed by atoms with E-state index >= 15 is 0 Å². The van der Waals surface area contributed by atoms with E-state index in [0.29, 0.717) is 5.02 Å². The summed E-state index contributed by atoms with van der Waals surface area (Å²) in [5, 5.41) is 2.45. The van der Waals surface area contributed by atoms with Gasteiger partial charge in [-0.1, -0.05) is 43.6 Å².